The van der Waals surface area contributed by atoms with Gasteiger partial charge < -0.3 is 5.73 Å². The first kappa shape index (κ1) is 14.9. The fourth-order valence-corrected chi connectivity index (χ4v) is 3.89. The Morgan fingerprint density at radius 1 is 1.40 bits per heavy atom. The quantitative estimate of drug-likeness (QED) is 0.660. The van der Waals surface area contributed by atoms with Crippen molar-refractivity contribution in [3.63, 3.8) is 0 Å². The highest BCUT2D eigenvalue weighted by Crippen LogP contribution is 2.28. The molecule has 1 fully saturated rings. The molecule has 0 amide bonds. The predicted octanol–water partition coefficient (Wildman–Crippen LogP) is 0.933. The molecule has 2 N–H and O–H groups in total. The minimum absolute atomic E-state index is 0.0404. The van der Waals surface area contributed by atoms with Gasteiger partial charge >= 0.3 is 0 Å². The number of rotatable bonds is 3. The zero-order valence-corrected chi connectivity index (χ0v) is 12.2. The highest BCUT2D eigenvalue weighted by Gasteiger charge is 2.32. The lowest BCUT2D eigenvalue weighted by atomic mass is 10.1. The van der Waals surface area contributed by atoms with Crippen molar-refractivity contribution in [1.82, 2.24) is 4.31 Å². The Labute approximate surface area is 117 Å². The Bertz CT molecular complexity index is 657. The molecule has 7 nitrogen and oxygen atoms in total. The van der Waals surface area contributed by atoms with Gasteiger partial charge in [0.2, 0.25) is 10.0 Å². The zero-order chi connectivity index (χ0) is 15.1. The lowest BCUT2D eigenvalue weighted by molar-refractivity contribution is -0.385. The topological polar surface area (TPSA) is 107 Å². The molecule has 0 bridgehead atoms. The summed E-state index contributed by atoms with van der Waals surface area (Å²) < 4.78 is 26.2. The van der Waals surface area contributed by atoms with E-state index in [1.807, 2.05) is 0 Å². The highest BCUT2D eigenvalue weighted by atomic mass is 32.2. The fourth-order valence-electron chi connectivity index (χ4n) is 2.27. The van der Waals surface area contributed by atoms with Crippen molar-refractivity contribution in [3.05, 3.63) is 33.4 Å². The summed E-state index contributed by atoms with van der Waals surface area (Å²) in [6.07, 6.45) is 0.603. The smallest absolute Gasteiger partial charge is 0.273 e. The third kappa shape index (κ3) is 2.54. The van der Waals surface area contributed by atoms with E-state index < -0.39 is 14.9 Å². The monoisotopic (exact) mass is 299 g/mol. The molecule has 1 atom stereocenters. The maximum absolute atomic E-state index is 12.5. The van der Waals surface area contributed by atoms with E-state index in [-0.39, 0.29) is 23.2 Å². The molecular weight excluding hydrogens is 282 g/mol. The van der Waals surface area contributed by atoms with Crippen molar-refractivity contribution in [3.8, 4) is 0 Å². The van der Waals surface area contributed by atoms with Gasteiger partial charge in [0.1, 0.15) is 0 Å². The number of sulfonamides is 1. The number of nitrogens with two attached hydrogens (primary N) is 1. The summed E-state index contributed by atoms with van der Waals surface area (Å²) in [5, 5.41) is 11.0. The fraction of sp³-hybridized carbons (Fsp3) is 0.500. The molecular formula is C12H17N3O4S. The number of nitro benzene ring substituents is 1. The van der Waals surface area contributed by atoms with E-state index in [1.165, 1.54) is 10.4 Å². The van der Waals surface area contributed by atoms with Crippen LogP contribution < -0.4 is 5.73 Å². The Hall–Kier alpha value is -1.51. The van der Waals surface area contributed by atoms with Crippen LogP contribution >= 0.6 is 0 Å². The normalized spacial score (nSPS) is 20.2. The maximum Gasteiger partial charge on any atom is 0.273 e. The largest absolute Gasteiger partial charge is 0.326 e. The predicted molar refractivity (Wildman–Crippen MR) is 73.9 cm³/mol. The SMILES string of the molecule is Cc1cc(S(=O)(=O)N2CC[C@@H](N)C2)cc([N+](=O)[O-])c1C. The summed E-state index contributed by atoms with van der Waals surface area (Å²) in [5.41, 5.74) is 6.61. The highest BCUT2D eigenvalue weighted by molar-refractivity contribution is 7.89. The van der Waals surface area contributed by atoms with Crippen LogP contribution in [0.15, 0.2) is 17.0 Å². The second-order valence-corrected chi connectivity index (χ2v) is 6.99. The summed E-state index contributed by atoms with van der Waals surface area (Å²) >= 11 is 0. The van der Waals surface area contributed by atoms with Crippen molar-refractivity contribution in [2.45, 2.75) is 31.2 Å². The third-order valence-electron chi connectivity index (χ3n) is 3.64. The molecule has 110 valence electrons. The van der Waals surface area contributed by atoms with Gasteiger partial charge in [0, 0.05) is 30.8 Å². The van der Waals surface area contributed by atoms with Crippen LogP contribution in [0.2, 0.25) is 0 Å². The van der Waals surface area contributed by atoms with Crippen LogP contribution in [0.25, 0.3) is 0 Å². The van der Waals surface area contributed by atoms with Crippen LogP contribution in [0.1, 0.15) is 17.5 Å². The lowest BCUT2D eigenvalue weighted by Gasteiger charge is -2.16. The van der Waals surface area contributed by atoms with E-state index in [4.69, 9.17) is 5.73 Å². The van der Waals surface area contributed by atoms with Crippen LogP contribution in [0.4, 0.5) is 5.69 Å². The molecule has 1 aliphatic heterocycles. The van der Waals surface area contributed by atoms with Gasteiger partial charge in [0.15, 0.2) is 0 Å². The molecule has 8 heteroatoms. The second-order valence-electron chi connectivity index (χ2n) is 5.05. The van der Waals surface area contributed by atoms with Gasteiger partial charge in [-0.2, -0.15) is 4.31 Å². The van der Waals surface area contributed by atoms with Crippen LogP contribution in [-0.2, 0) is 10.0 Å². The minimum Gasteiger partial charge on any atom is -0.326 e. The first-order chi connectivity index (χ1) is 9.23. The van der Waals surface area contributed by atoms with E-state index in [0.717, 1.165) is 6.07 Å². The Balaban J connectivity index is 2.50. The van der Waals surface area contributed by atoms with E-state index in [2.05, 4.69) is 0 Å². The van der Waals surface area contributed by atoms with Gasteiger partial charge in [0.05, 0.1) is 9.82 Å². The average Bonchev–Trinajstić information content (AvgIpc) is 2.79. The number of nitro groups is 1. The minimum atomic E-state index is -3.72. The Morgan fingerprint density at radius 2 is 2.05 bits per heavy atom. The maximum atomic E-state index is 12.5. The molecule has 1 heterocycles. The van der Waals surface area contributed by atoms with Gasteiger partial charge in [-0.05, 0) is 31.9 Å². The van der Waals surface area contributed by atoms with E-state index in [9.17, 15) is 18.5 Å². The number of hydrogen-bond acceptors (Lipinski definition) is 5. The average molecular weight is 299 g/mol. The van der Waals surface area contributed by atoms with Crippen LogP contribution in [0, 0.1) is 24.0 Å². The Kier molecular flexibility index (Phi) is 3.81. The van der Waals surface area contributed by atoms with Gasteiger partial charge in [-0.25, -0.2) is 8.42 Å². The number of nitrogens with zero attached hydrogens (tertiary/aromatic N) is 2. The van der Waals surface area contributed by atoms with E-state index >= 15 is 0 Å². The first-order valence-corrected chi connectivity index (χ1v) is 7.69. The van der Waals surface area contributed by atoms with Crippen molar-refractivity contribution in [2.24, 2.45) is 5.73 Å². The molecule has 0 radical (unpaired) electrons. The third-order valence-corrected chi connectivity index (χ3v) is 5.48. The molecule has 0 saturated carbocycles. The molecule has 2 rings (SSSR count). The molecule has 0 aromatic heterocycles. The van der Waals surface area contributed by atoms with Crippen molar-refractivity contribution < 1.29 is 13.3 Å². The van der Waals surface area contributed by atoms with Crippen LogP contribution in [0.3, 0.4) is 0 Å². The summed E-state index contributed by atoms with van der Waals surface area (Å²) in [7, 11) is -3.72. The van der Waals surface area contributed by atoms with Gasteiger partial charge in [-0.1, -0.05) is 0 Å². The van der Waals surface area contributed by atoms with Crippen molar-refractivity contribution >= 4 is 15.7 Å². The van der Waals surface area contributed by atoms with E-state index in [1.54, 1.807) is 13.8 Å². The molecule has 0 spiro atoms. The van der Waals surface area contributed by atoms with Crippen LogP contribution in [0.5, 0.6) is 0 Å². The first-order valence-electron chi connectivity index (χ1n) is 6.25. The standard InChI is InChI=1S/C12H17N3O4S/c1-8-5-11(6-12(9(8)2)15(16)17)20(18,19)14-4-3-10(13)7-14/h5-6,10H,3-4,7,13H2,1-2H3/t10-/m1/s1. The number of hydrogen-bond donors (Lipinski definition) is 1. The molecule has 0 aliphatic carbocycles. The second kappa shape index (κ2) is 5.12. The molecule has 1 aromatic carbocycles. The van der Waals surface area contributed by atoms with Crippen molar-refractivity contribution in [1.29, 1.82) is 0 Å². The summed E-state index contributed by atoms with van der Waals surface area (Å²) in [6.45, 7) is 3.87. The number of benzene rings is 1. The van der Waals surface area contributed by atoms with Gasteiger partial charge in [-0.3, -0.25) is 10.1 Å². The van der Waals surface area contributed by atoms with Gasteiger partial charge in [0.25, 0.3) is 5.69 Å². The lowest BCUT2D eigenvalue weighted by Crippen LogP contribution is -2.32. The summed E-state index contributed by atoms with van der Waals surface area (Å²) in [4.78, 5) is 10.4. The Morgan fingerprint density at radius 3 is 2.55 bits per heavy atom. The van der Waals surface area contributed by atoms with Crippen LogP contribution in [-0.4, -0.2) is 36.8 Å². The van der Waals surface area contributed by atoms with Gasteiger partial charge in [-0.15, -0.1) is 0 Å². The van der Waals surface area contributed by atoms with E-state index in [0.29, 0.717) is 24.1 Å². The number of aryl methyl sites for hydroxylation is 1. The zero-order valence-electron chi connectivity index (χ0n) is 11.4. The molecule has 1 saturated heterocycles. The molecule has 20 heavy (non-hydrogen) atoms. The molecule has 1 aliphatic rings. The van der Waals surface area contributed by atoms with Crippen molar-refractivity contribution in [2.75, 3.05) is 13.1 Å². The summed E-state index contributed by atoms with van der Waals surface area (Å²) in [6, 6.07) is 2.43. The summed E-state index contributed by atoms with van der Waals surface area (Å²) in [5.74, 6) is 0. The molecule has 1 aromatic rings. The molecule has 0 unspecified atom stereocenters.